The van der Waals surface area contributed by atoms with Gasteiger partial charge in [0.2, 0.25) is 0 Å². The van der Waals surface area contributed by atoms with E-state index in [-0.39, 0.29) is 11.9 Å². The van der Waals surface area contributed by atoms with Gasteiger partial charge >= 0.3 is 0 Å². The largest absolute Gasteiger partial charge is 0.331 e. The Balaban J connectivity index is 2.60. The number of rotatable bonds is 3. The van der Waals surface area contributed by atoms with Crippen molar-refractivity contribution in [3.05, 3.63) is 26.3 Å². The number of H-pyrrole nitrogens is 1. The van der Waals surface area contributed by atoms with Crippen LogP contribution in [0.4, 0.5) is 4.39 Å². The highest BCUT2D eigenvalue weighted by molar-refractivity contribution is 14.1. The molecular formula is C12H15FIN3S. The van der Waals surface area contributed by atoms with Gasteiger partial charge in [-0.15, -0.1) is 0 Å². The molecule has 1 aromatic heterocycles. The van der Waals surface area contributed by atoms with E-state index < -0.39 is 0 Å². The Morgan fingerprint density at radius 1 is 1.50 bits per heavy atom. The second kappa shape index (κ2) is 5.26. The fraction of sp³-hybridized carbons (Fsp3) is 0.417. The van der Waals surface area contributed by atoms with Crippen molar-refractivity contribution in [1.82, 2.24) is 14.5 Å². The van der Waals surface area contributed by atoms with Crippen LogP contribution in [0.1, 0.15) is 13.0 Å². The van der Waals surface area contributed by atoms with Gasteiger partial charge < -0.3 is 14.5 Å². The standard InChI is InChI=1S/C12H15FIN3S/c1-7(6-16(2)3)17-11-4-8(13)9(14)5-10(11)15-12(17)18/h4-5,7H,6H2,1-3H3,(H,15,18). The summed E-state index contributed by atoms with van der Waals surface area (Å²) in [5, 5.41) is 0. The number of nitrogens with one attached hydrogen (secondary N) is 1. The molecule has 0 amide bonds. The monoisotopic (exact) mass is 379 g/mol. The number of halogens is 2. The summed E-state index contributed by atoms with van der Waals surface area (Å²) in [7, 11) is 4.02. The van der Waals surface area contributed by atoms with Crippen LogP contribution in [-0.2, 0) is 0 Å². The first-order valence-electron chi connectivity index (χ1n) is 5.64. The molecule has 0 aliphatic heterocycles. The highest BCUT2D eigenvalue weighted by Gasteiger charge is 2.14. The molecule has 1 unspecified atom stereocenters. The first-order valence-corrected chi connectivity index (χ1v) is 7.13. The Morgan fingerprint density at radius 3 is 2.78 bits per heavy atom. The summed E-state index contributed by atoms with van der Waals surface area (Å²) in [5.41, 5.74) is 1.71. The van der Waals surface area contributed by atoms with Crippen LogP contribution in [-0.4, -0.2) is 35.1 Å². The van der Waals surface area contributed by atoms with E-state index in [0.717, 1.165) is 17.6 Å². The molecule has 0 radical (unpaired) electrons. The second-order valence-electron chi connectivity index (χ2n) is 4.69. The van der Waals surface area contributed by atoms with Crippen molar-refractivity contribution in [1.29, 1.82) is 0 Å². The molecule has 0 fully saturated rings. The molecule has 3 nitrogen and oxygen atoms in total. The molecule has 18 heavy (non-hydrogen) atoms. The zero-order valence-electron chi connectivity index (χ0n) is 10.5. The number of hydrogen-bond donors (Lipinski definition) is 1. The number of imidazole rings is 1. The van der Waals surface area contributed by atoms with E-state index in [0.29, 0.717) is 8.34 Å². The van der Waals surface area contributed by atoms with Crippen molar-refractivity contribution < 1.29 is 4.39 Å². The number of hydrogen-bond acceptors (Lipinski definition) is 2. The molecule has 0 bridgehead atoms. The van der Waals surface area contributed by atoms with Crippen molar-refractivity contribution >= 4 is 45.8 Å². The molecule has 1 aromatic carbocycles. The molecule has 0 aliphatic rings. The van der Waals surface area contributed by atoms with Gasteiger partial charge in [-0.05, 0) is 61.9 Å². The summed E-state index contributed by atoms with van der Waals surface area (Å²) < 4.78 is 16.9. The van der Waals surface area contributed by atoms with Crippen LogP contribution in [0.25, 0.3) is 11.0 Å². The van der Waals surface area contributed by atoms with Gasteiger partial charge in [-0.3, -0.25) is 0 Å². The van der Waals surface area contributed by atoms with Gasteiger partial charge in [0, 0.05) is 18.7 Å². The molecule has 0 spiro atoms. The summed E-state index contributed by atoms with van der Waals surface area (Å²) in [5.74, 6) is -0.206. The molecule has 98 valence electrons. The minimum atomic E-state index is -0.206. The molecule has 1 N–H and O–H groups in total. The summed E-state index contributed by atoms with van der Waals surface area (Å²) in [6, 6.07) is 3.54. The number of likely N-dealkylation sites (N-methyl/N-ethyl adjacent to an activating group) is 1. The van der Waals surface area contributed by atoms with Gasteiger partial charge in [-0.2, -0.15) is 0 Å². The maximum atomic E-state index is 13.7. The highest BCUT2D eigenvalue weighted by Crippen LogP contribution is 2.23. The maximum absolute atomic E-state index is 13.7. The third-order valence-electron chi connectivity index (χ3n) is 2.83. The van der Waals surface area contributed by atoms with Gasteiger partial charge in [0.1, 0.15) is 5.82 Å². The molecule has 1 atom stereocenters. The van der Waals surface area contributed by atoms with Crippen molar-refractivity contribution in [3.63, 3.8) is 0 Å². The van der Waals surface area contributed by atoms with Crippen LogP contribution in [0.5, 0.6) is 0 Å². The Labute approximate surface area is 124 Å². The van der Waals surface area contributed by atoms with Crippen LogP contribution in [0.3, 0.4) is 0 Å². The molecule has 0 aliphatic carbocycles. The number of aromatic amines is 1. The van der Waals surface area contributed by atoms with Crippen LogP contribution in [0.15, 0.2) is 12.1 Å². The summed E-state index contributed by atoms with van der Waals surface area (Å²) in [4.78, 5) is 5.23. The van der Waals surface area contributed by atoms with Crippen LogP contribution in [0.2, 0.25) is 0 Å². The van der Waals surface area contributed by atoms with Crippen LogP contribution in [0, 0.1) is 14.2 Å². The zero-order valence-corrected chi connectivity index (χ0v) is 13.5. The van der Waals surface area contributed by atoms with Crippen molar-refractivity contribution in [3.8, 4) is 0 Å². The quantitative estimate of drug-likeness (QED) is 0.651. The molecule has 6 heteroatoms. The summed E-state index contributed by atoms with van der Waals surface area (Å²) >= 11 is 7.32. The minimum Gasteiger partial charge on any atom is -0.331 e. The minimum absolute atomic E-state index is 0.195. The summed E-state index contributed by atoms with van der Waals surface area (Å²) in [6.45, 7) is 2.94. The zero-order chi connectivity index (χ0) is 13.4. The average molecular weight is 379 g/mol. The third-order valence-corrected chi connectivity index (χ3v) is 3.95. The van der Waals surface area contributed by atoms with Gasteiger partial charge in [0.05, 0.1) is 14.6 Å². The van der Waals surface area contributed by atoms with E-state index in [4.69, 9.17) is 12.2 Å². The van der Waals surface area contributed by atoms with Gasteiger partial charge in [0.15, 0.2) is 4.77 Å². The number of fused-ring (bicyclic) bond motifs is 1. The lowest BCUT2D eigenvalue weighted by Crippen LogP contribution is -2.22. The van der Waals surface area contributed by atoms with Gasteiger partial charge in [0.25, 0.3) is 0 Å². The Bertz CT molecular complexity index is 632. The predicted octanol–water partition coefficient (Wildman–Crippen LogP) is 3.57. The van der Waals surface area contributed by atoms with Gasteiger partial charge in [-0.25, -0.2) is 4.39 Å². The van der Waals surface area contributed by atoms with Crippen molar-refractivity contribution in [2.45, 2.75) is 13.0 Å². The molecule has 0 saturated heterocycles. The normalized spacial score (nSPS) is 13.4. The highest BCUT2D eigenvalue weighted by atomic mass is 127. The lowest BCUT2D eigenvalue weighted by Gasteiger charge is -2.19. The Hall–Kier alpha value is -0.470. The lowest BCUT2D eigenvalue weighted by molar-refractivity contribution is 0.339. The van der Waals surface area contributed by atoms with Crippen molar-refractivity contribution in [2.75, 3.05) is 20.6 Å². The Kier molecular flexibility index (Phi) is 4.08. The van der Waals surface area contributed by atoms with Gasteiger partial charge in [-0.1, -0.05) is 0 Å². The van der Waals surface area contributed by atoms with Crippen LogP contribution < -0.4 is 0 Å². The van der Waals surface area contributed by atoms with E-state index in [9.17, 15) is 4.39 Å². The molecule has 0 saturated carbocycles. The topological polar surface area (TPSA) is 24.0 Å². The van der Waals surface area contributed by atoms with E-state index in [1.165, 1.54) is 0 Å². The first kappa shape index (κ1) is 14.0. The summed E-state index contributed by atoms with van der Waals surface area (Å²) in [6.07, 6.45) is 0. The third kappa shape index (κ3) is 2.60. The Morgan fingerprint density at radius 2 is 2.17 bits per heavy atom. The average Bonchev–Trinajstić information content (AvgIpc) is 2.53. The molecule has 2 aromatic rings. The molecular weight excluding hydrogens is 364 g/mol. The number of nitrogens with zero attached hydrogens (tertiary/aromatic N) is 2. The van der Waals surface area contributed by atoms with E-state index >= 15 is 0 Å². The van der Waals surface area contributed by atoms with E-state index in [1.54, 1.807) is 12.1 Å². The van der Waals surface area contributed by atoms with E-state index in [2.05, 4.69) is 16.8 Å². The van der Waals surface area contributed by atoms with Crippen LogP contribution >= 0.6 is 34.8 Å². The predicted molar refractivity (Wildman–Crippen MR) is 83.1 cm³/mol. The first-order chi connectivity index (χ1) is 8.40. The number of aromatic nitrogens is 2. The lowest BCUT2D eigenvalue weighted by atomic mass is 10.2. The van der Waals surface area contributed by atoms with Crippen molar-refractivity contribution in [2.24, 2.45) is 0 Å². The fourth-order valence-electron chi connectivity index (χ4n) is 2.17. The van der Waals surface area contributed by atoms with E-state index in [1.807, 2.05) is 41.3 Å². The molecule has 2 rings (SSSR count). The SMILES string of the molecule is CC(CN(C)C)n1c(=S)[nH]c2cc(I)c(F)cc21. The number of benzene rings is 1. The second-order valence-corrected chi connectivity index (χ2v) is 6.24. The fourth-order valence-corrected chi connectivity index (χ4v) is 3.02. The molecule has 1 heterocycles. The maximum Gasteiger partial charge on any atom is 0.178 e. The smallest absolute Gasteiger partial charge is 0.178 e.